The minimum absolute atomic E-state index is 0.123. The predicted octanol–water partition coefficient (Wildman–Crippen LogP) is 4.85. The van der Waals surface area contributed by atoms with Crippen LogP contribution in [0.15, 0.2) is 72.8 Å². The van der Waals surface area contributed by atoms with Gasteiger partial charge in [-0.05, 0) is 85.6 Å². The first-order chi connectivity index (χ1) is 14.7. The summed E-state index contributed by atoms with van der Waals surface area (Å²) < 4.78 is 0. The van der Waals surface area contributed by atoms with Gasteiger partial charge >= 0.3 is 0 Å². The number of nitrogens with one attached hydrogen (secondary N) is 3. The molecular formula is C24H24N4O2. The summed E-state index contributed by atoms with van der Waals surface area (Å²) >= 11 is 0. The molecule has 3 N–H and O–H groups in total. The van der Waals surface area contributed by atoms with Gasteiger partial charge in [0, 0.05) is 47.1 Å². The molecule has 2 amide bonds. The van der Waals surface area contributed by atoms with E-state index in [9.17, 15) is 9.59 Å². The van der Waals surface area contributed by atoms with Gasteiger partial charge < -0.3 is 20.9 Å². The molecule has 30 heavy (non-hydrogen) atoms. The number of hydrogen-bond donors (Lipinski definition) is 3. The Bertz CT molecular complexity index is 993. The second-order valence-corrected chi connectivity index (χ2v) is 7.24. The first kappa shape index (κ1) is 19.5. The number of nitrogens with zero attached hydrogens (tertiary/aromatic N) is 1. The zero-order chi connectivity index (χ0) is 20.8. The van der Waals surface area contributed by atoms with Gasteiger partial charge in [-0.3, -0.25) is 9.59 Å². The summed E-state index contributed by atoms with van der Waals surface area (Å²) in [6.07, 6.45) is 3.11. The second kappa shape index (κ2) is 9.13. The lowest BCUT2D eigenvalue weighted by Gasteiger charge is -2.17. The van der Waals surface area contributed by atoms with Crippen LogP contribution in [0.25, 0.3) is 0 Å². The molecule has 1 fully saturated rings. The topological polar surface area (TPSA) is 73.5 Å². The number of anilines is 5. The highest BCUT2D eigenvalue weighted by atomic mass is 16.1. The van der Waals surface area contributed by atoms with E-state index in [1.165, 1.54) is 18.5 Å². The molecule has 0 saturated carbocycles. The van der Waals surface area contributed by atoms with Gasteiger partial charge in [0.1, 0.15) is 0 Å². The number of amides is 2. The zero-order valence-electron chi connectivity index (χ0n) is 16.6. The monoisotopic (exact) mass is 400 g/mol. The molecule has 6 nitrogen and oxygen atoms in total. The maximum absolute atomic E-state index is 12.5. The molecular weight excluding hydrogens is 376 g/mol. The van der Waals surface area contributed by atoms with Crippen molar-refractivity contribution in [1.29, 1.82) is 0 Å². The van der Waals surface area contributed by atoms with Crippen molar-refractivity contribution >= 4 is 40.8 Å². The lowest BCUT2D eigenvalue weighted by molar-refractivity contribution is -0.105. The number of hydrogen-bond acceptors (Lipinski definition) is 4. The molecule has 152 valence electrons. The van der Waals surface area contributed by atoms with Crippen LogP contribution in [0.5, 0.6) is 0 Å². The Labute approximate surface area is 175 Å². The fourth-order valence-electron chi connectivity index (χ4n) is 3.52. The molecule has 1 saturated heterocycles. The van der Waals surface area contributed by atoms with Gasteiger partial charge in [-0.15, -0.1) is 0 Å². The molecule has 3 aromatic carbocycles. The SMILES string of the molecule is O=CNc1ccc(Nc2ccc(NC(=O)c3ccc(N4CCCC4)cc3)cc2)cc1. The van der Waals surface area contributed by atoms with E-state index in [0.717, 1.165) is 35.8 Å². The predicted molar refractivity (Wildman–Crippen MR) is 122 cm³/mol. The van der Waals surface area contributed by atoms with Crippen molar-refractivity contribution < 1.29 is 9.59 Å². The maximum atomic E-state index is 12.5. The van der Waals surface area contributed by atoms with E-state index in [1.54, 1.807) is 0 Å². The Morgan fingerprint density at radius 2 is 1.27 bits per heavy atom. The number of rotatable bonds is 7. The number of benzene rings is 3. The third-order valence-corrected chi connectivity index (χ3v) is 5.14. The van der Waals surface area contributed by atoms with Crippen LogP contribution in [0, 0.1) is 0 Å². The van der Waals surface area contributed by atoms with E-state index in [4.69, 9.17) is 0 Å². The molecule has 0 aromatic heterocycles. The first-order valence-corrected chi connectivity index (χ1v) is 10.0. The fourth-order valence-corrected chi connectivity index (χ4v) is 3.52. The fraction of sp³-hybridized carbons (Fsp3) is 0.167. The molecule has 1 aliphatic heterocycles. The Hall–Kier alpha value is -3.80. The van der Waals surface area contributed by atoms with Crippen LogP contribution >= 0.6 is 0 Å². The molecule has 6 heteroatoms. The zero-order valence-corrected chi connectivity index (χ0v) is 16.6. The smallest absolute Gasteiger partial charge is 0.255 e. The van der Waals surface area contributed by atoms with E-state index < -0.39 is 0 Å². The molecule has 0 unspecified atom stereocenters. The first-order valence-electron chi connectivity index (χ1n) is 10.0. The molecule has 0 spiro atoms. The quantitative estimate of drug-likeness (QED) is 0.496. The Balaban J connectivity index is 1.34. The van der Waals surface area contributed by atoms with E-state index in [0.29, 0.717) is 12.0 Å². The molecule has 0 aliphatic carbocycles. The minimum atomic E-state index is -0.123. The van der Waals surface area contributed by atoms with Crippen molar-refractivity contribution in [2.75, 3.05) is 33.9 Å². The lowest BCUT2D eigenvalue weighted by Crippen LogP contribution is -2.18. The van der Waals surface area contributed by atoms with Gasteiger partial charge in [-0.1, -0.05) is 0 Å². The molecule has 0 radical (unpaired) electrons. The van der Waals surface area contributed by atoms with Crippen LogP contribution in [0.3, 0.4) is 0 Å². The van der Waals surface area contributed by atoms with Gasteiger partial charge in [-0.2, -0.15) is 0 Å². The van der Waals surface area contributed by atoms with Crippen LogP contribution in [0.2, 0.25) is 0 Å². The molecule has 1 aliphatic rings. The number of carbonyl (C=O) groups excluding carboxylic acids is 2. The highest BCUT2D eigenvalue weighted by Crippen LogP contribution is 2.22. The highest BCUT2D eigenvalue weighted by molar-refractivity contribution is 6.04. The van der Waals surface area contributed by atoms with Crippen LogP contribution in [0.1, 0.15) is 23.2 Å². The van der Waals surface area contributed by atoms with E-state index >= 15 is 0 Å². The van der Waals surface area contributed by atoms with Crippen molar-refractivity contribution in [2.45, 2.75) is 12.8 Å². The summed E-state index contributed by atoms with van der Waals surface area (Å²) in [7, 11) is 0. The third kappa shape index (κ3) is 4.78. The van der Waals surface area contributed by atoms with Crippen molar-refractivity contribution in [3.8, 4) is 0 Å². The van der Waals surface area contributed by atoms with E-state index in [1.807, 2.05) is 72.8 Å². The minimum Gasteiger partial charge on any atom is -0.372 e. The molecule has 4 rings (SSSR count). The largest absolute Gasteiger partial charge is 0.372 e. The molecule has 0 atom stereocenters. The van der Waals surface area contributed by atoms with Gasteiger partial charge in [0.05, 0.1) is 0 Å². The molecule has 3 aromatic rings. The van der Waals surface area contributed by atoms with E-state index in [-0.39, 0.29) is 5.91 Å². The second-order valence-electron chi connectivity index (χ2n) is 7.24. The highest BCUT2D eigenvalue weighted by Gasteiger charge is 2.13. The van der Waals surface area contributed by atoms with Crippen molar-refractivity contribution in [1.82, 2.24) is 0 Å². The summed E-state index contributed by atoms with van der Waals surface area (Å²) in [6.45, 7) is 2.18. The van der Waals surface area contributed by atoms with Crippen molar-refractivity contribution in [2.24, 2.45) is 0 Å². The Morgan fingerprint density at radius 1 is 0.733 bits per heavy atom. The summed E-state index contributed by atoms with van der Waals surface area (Å²) in [5.74, 6) is -0.123. The number of carbonyl (C=O) groups is 2. The lowest BCUT2D eigenvalue weighted by atomic mass is 10.1. The van der Waals surface area contributed by atoms with Crippen LogP contribution < -0.4 is 20.9 Å². The summed E-state index contributed by atoms with van der Waals surface area (Å²) in [4.78, 5) is 25.3. The van der Waals surface area contributed by atoms with Gasteiger partial charge in [0.15, 0.2) is 0 Å². The van der Waals surface area contributed by atoms with Crippen LogP contribution in [-0.4, -0.2) is 25.4 Å². The Morgan fingerprint density at radius 3 is 1.83 bits per heavy atom. The summed E-state index contributed by atoms with van der Waals surface area (Å²) in [6, 6.07) is 22.7. The normalized spacial score (nSPS) is 13.0. The van der Waals surface area contributed by atoms with E-state index in [2.05, 4.69) is 20.9 Å². The van der Waals surface area contributed by atoms with Crippen LogP contribution in [0.4, 0.5) is 28.4 Å². The average Bonchev–Trinajstić information content (AvgIpc) is 3.32. The Kier molecular flexibility index (Phi) is 5.94. The van der Waals surface area contributed by atoms with Crippen molar-refractivity contribution in [3.05, 3.63) is 78.4 Å². The average molecular weight is 400 g/mol. The van der Waals surface area contributed by atoms with Gasteiger partial charge in [-0.25, -0.2) is 0 Å². The van der Waals surface area contributed by atoms with Crippen LogP contribution in [-0.2, 0) is 4.79 Å². The summed E-state index contributed by atoms with van der Waals surface area (Å²) in [5, 5.41) is 8.83. The molecule has 1 heterocycles. The standard InChI is InChI=1S/C24H24N4O2/c29-17-25-19-5-7-20(8-6-19)26-21-9-11-22(12-10-21)27-24(30)18-3-13-23(14-4-18)28-15-1-2-16-28/h3-14,17,26H,1-2,15-16H2,(H,25,29)(H,27,30). The summed E-state index contributed by atoms with van der Waals surface area (Å²) in [5.41, 5.74) is 5.10. The van der Waals surface area contributed by atoms with Gasteiger partial charge in [0.2, 0.25) is 6.41 Å². The molecule has 0 bridgehead atoms. The van der Waals surface area contributed by atoms with Crippen molar-refractivity contribution in [3.63, 3.8) is 0 Å². The maximum Gasteiger partial charge on any atom is 0.255 e. The van der Waals surface area contributed by atoms with Gasteiger partial charge in [0.25, 0.3) is 5.91 Å². The third-order valence-electron chi connectivity index (χ3n) is 5.14.